The van der Waals surface area contributed by atoms with Crippen molar-refractivity contribution in [3.8, 4) is 0 Å². The average Bonchev–Trinajstić information content (AvgIpc) is 3.17. The lowest BCUT2D eigenvalue weighted by molar-refractivity contribution is -0.116. The van der Waals surface area contributed by atoms with Crippen LogP contribution in [0.3, 0.4) is 0 Å². The van der Waals surface area contributed by atoms with E-state index in [0.29, 0.717) is 26.3 Å². The van der Waals surface area contributed by atoms with Gasteiger partial charge >= 0.3 is 0 Å². The third kappa shape index (κ3) is 3.20. The molecule has 0 radical (unpaired) electrons. The summed E-state index contributed by atoms with van der Waals surface area (Å²) in [7, 11) is 1.65. The number of hydrogen-bond donors (Lipinski definition) is 1. The molecule has 0 bridgehead atoms. The highest BCUT2D eigenvalue weighted by atomic mass is 35.5. The largest absolute Gasteiger partial charge is 0.320 e. The lowest BCUT2D eigenvalue weighted by atomic mass is 10.2. The van der Waals surface area contributed by atoms with E-state index in [4.69, 9.17) is 23.2 Å². The van der Waals surface area contributed by atoms with Crippen LogP contribution < -0.4 is 10.9 Å². The number of aromatic nitrogens is 4. The van der Waals surface area contributed by atoms with Gasteiger partial charge in [0.2, 0.25) is 5.91 Å². The number of anilines is 1. The molecule has 27 heavy (non-hydrogen) atoms. The van der Waals surface area contributed by atoms with Gasteiger partial charge in [0.15, 0.2) is 10.8 Å². The number of nitrogens with one attached hydrogen (secondary N) is 1. The van der Waals surface area contributed by atoms with E-state index >= 15 is 0 Å². The molecule has 10 heteroatoms. The van der Waals surface area contributed by atoms with Crippen LogP contribution in [0.15, 0.2) is 29.3 Å². The lowest BCUT2D eigenvalue weighted by Crippen LogP contribution is -2.20. The first-order valence-corrected chi connectivity index (χ1v) is 9.47. The summed E-state index contributed by atoms with van der Waals surface area (Å²) < 4.78 is 4.00. The third-order valence-corrected chi connectivity index (χ3v) is 5.83. The zero-order valence-corrected chi connectivity index (χ0v) is 16.6. The number of imidazole rings is 1. The van der Waals surface area contributed by atoms with E-state index in [2.05, 4.69) is 15.3 Å². The molecule has 4 rings (SSSR count). The number of amides is 1. The Morgan fingerprint density at radius 3 is 2.78 bits per heavy atom. The van der Waals surface area contributed by atoms with E-state index in [-0.39, 0.29) is 18.0 Å². The Morgan fingerprint density at radius 2 is 2.00 bits per heavy atom. The maximum atomic E-state index is 12.5. The molecule has 0 spiro atoms. The Hall–Kier alpha value is -2.42. The molecular formula is C17H13Cl2N5O2S. The van der Waals surface area contributed by atoms with Crippen molar-refractivity contribution in [1.82, 2.24) is 19.1 Å². The van der Waals surface area contributed by atoms with Crippen molar-refractivity contribution in [1.29, 1.82) is 0 Å². The lowest BCUT2D eigenvalue weighted by Gasteiger charge is -2.07. The van der Waals surface area contributed by atoms with Crippen molar-refractivity contribution in [2.75, 3.05) is 5.32 Å². The monoisotopic (exact) mass is 421 g/mol. The van der Waals surface area contributed by atoms with E-state index in [9.17, 15) is 9.59 Å². The van der Waals surface area contributed by atoms with Crippen LogP contribution in [-0.4, -0.2) is 25.0 Å². The summed E-state index contributed by atoms with van der Waals surface area (Å²) in [5.41, 5.74) is 2.58. The third-order valence-electron chi connectivity index (χ3n) is 4.17. The Morgan fingerprint density at radius 1 is 1.26 bits per heavy atom. The van der Waals surface area contributed by atoms with Gasteiger partial charge in [-0.25, -0.2) is 9.97 Å². The zero-order valence-electron chi connectivity index (χ0n) is 14.3. The highest BCUT2D eigenvalue weighted by molar-refractivity contribution is 7.22. The van der Waals surface area contributed by atoms with Gasteiger partial charge in [-0.15, -0.1) is 0 Å². The normalized spacial score (nSPS) is 11.4. The minimum Gasteiger partial charge on any atom is -0.320 e. The SMILES string of the molecule is Cc1cc(=O)n(C)c2ncn(CC(=O)Nc3nc4cc(Cl)c(Cl)cc4s3)c12. The number of rotatable bonds is 3. The van der Waals surface area contributed by atoms with Crippen LogP contribution in [0.4, 0.5) is 5.13 Å². The van der Waals surface area contributed by atoms with Gasteiger partial charge in [-0.05, 0) is 24.6 Å². The maximum Gasteiger partial charge on any atom is 0.252 e. The number of hydrogen-bond acceptors (Lipinski definition) is 5. The van der Waals surface area contributed by atoms with Gasteiger partial charge in [0, 0.05) is 13.1 Å². The maximum absolute atomic E-state index is 12.5. The first-order valence-electron chi connectivity index (χ1n) is 7.90. The van der Waals surface area contributed by atoms with Gasteiger partial charge in [-0.1, -0.05) is 34.5 Å². The predicted molar refractivity (Wildman–Crippen MR) is 108 cm³/mol. The van der Waals surface area contributed by atoms with Crippen LogP contribution in [0.25, 0.3) is 21.4 Å². The molecular weight excluding hydrogens is 409 g/mol. The molecule has 1 N–H and O–H groups in total. The van der Waals surface area contributed by atoms with E-state index in [1.54, 1.807) is 30.1 Å². The van der Waals surface area contributed by atoms with Crippen molar-refractivity contribution in [3.63, 3.8) is 0 Å². The van der Waals surface area contributed by atoms with Crippen molar-refractivity contribution in [3.05, 3.63) is 50.5 Å². The molecule has 1 aromatic carbocycles. The van der Waals surface area contributed by atoms with Crippen LogP contribution >= 0.6 is 34.5 Å². The molecule has 0 saturated carbocycles. The first-order chi connectivity index (χ1) is 12.8. The van der Waals surface area contributed by atoms with Crippen LogP contribution in [0, 0.1) is 6.92 Å². The van der Waals surface area contributed by atoms with E-state index in [1.165, 1.54) is 22.0 Å². The van der Waals surface area contributed by atoms with Crippen molar-refractivity contribution in [2.24, 2.45) is 7.05 Å². The van der Waals surface area contributed by atoms with Crippen LogP contribution in [0.5, 0.6) is 0 Å². The number of halogens is 2. The highest BCUT2D eigenvalue weighted by Gasteiger charge is 2.14. The minimum atomic E-state index is -0.251. The van der Waals surface area contributed by atoms with Gasteiger partial charge in [0.1, 0.15) is 6.54 Å². The quantitative estimate of drug-likeness (QED) is 0.547. The molecule has 7 nitrogen and oxygen atoms in total. The van der Waals surface area contributed by atoms with Gasteiger partial charge in [0.05, 0.1) is 32.1 Å². The standard InChI is InChI=1S/C17H13Cl2N5O2S/c1-8-3-14(26)23(2)16-15(8)24(7-20-16)6-13(25)22-17-21-11-4-9(18)10(19)5-12(11)27-17/h3-5,7H,6H2,1-2H3,(H,21,22,25). The number of nitrogens with zero attached hydrogens (tertiary/aromatic N) is 4. The second kappa shape index (κ2) is 6.63. The second-order valence-corrected chi connectivity index (χ2v) is 7.92. The summed E-state index contributed by atoms with van der Waals surface area (Å²) in [6, 6.07) is 4.91. The summed E-state index contributed by atoms with van der Waals surface area (Å²) in [6.45, 7) is 1.87. The number of pyridine rings is 1. The number of aryl methyl sites for hydroxylation is 2. The molecule has 0 atom stereocenters. The second-order valence-electron chi connectivity index (χ2n) is 6.07. The summed E-state index contributed by atoms with van der Waals surface area (Å²) in [5.74, 6) is -0.251. The summed E-state index contributed by atoms with van der Waals surface area (Å²) >= 11 is 13.3. The van der Waals surface area contributed by atoms with Crippen LogP contribution in [0.1, 0.15) is 5.56 Å². The molecule has 0 aliphatic rings. The Labute approximate surface area is 167 Å². The predicted octanol–water partition coefficient (Wildman–Crippen LogP) is 3.60. The fourth-order valence-electron chi connectivity index (χ4n) is 2.89. The first kappa shape index (κ1) is 18.0. The number of benzene rings is 1. The number of carbonyl (C=O) groups excluding carboxylic acids is 1. The molecule has 4 aromatic rings. The summed E-state index contributed by atoms with van der Waals surface area (Å²) in [5, 5.41) is 4.10. The molecule has 0 fully saturated rings. The van der Waals surface area contributed by atoms with Crippen molar-refractivity contribution >= 4 is 67.0 Å². The molecule has 3 aromatic heterocycles. The van der Waals surface area contributed by atoms with Gasteiger partial charge in [0.25, 0.3) is 5.56 Å². The fourth-order valence-corrected chi connectivity index (χ4v) is 4.17. The van der Waals surface area contributed by atoms with Crippen LogP contribution in [-0.2, 0) is 18.4 Å². The average molecular weight is 422 g/mol. The molecule has 3 heterocycles. The van der Waals surface area contributed by atoms with Gasteiger partial charge < -0.3 is 9.88 Å². The molecule has 0 unspecified atom stereocenters. The summed E-state index contributed by atoms with van der Waals surface area (Å²) in [4.78, 5) is 33.0. The molecule has 0 aliphatic carbocycles. The Bertz CT molecular complexity index is 1240. The minimum absolute atomic E-state index is 0.0486. The van der Waals surface area contributed by atoms with E-state index < -0.39 is 0 Å². The number of thiazole rings is 1. The highest BCUT2D eigenvalue weighted by Crippen LogP contribution is 2.33. The smallest absolute Gasteiger partial charge is 0.252 e. The van der Waals surface area contributed by atoms with E-state index in [0.717, 1.165) is 15.8 Å². The van der Waals surface area contributed by atoms with Crippen molar-refractivity contribution < 1.29 is 4.79 Å². The molecule has 0 aliphatic heterocycles. The molecule has 138 valence electrons. The van der Waals surface area contributed by atoms with Gasteiger partial charge in [-0.3, -0.25) is 14.2 Å². The van der Waals surface area contributed by atoms with Crippen LogP contribution in [0.2, 0.25) is 10.0 Å². The molecule has 0 saturated heterocycles. The Balaban J connectivity index is 1.61. The fraction of sp³-hybridized carbons (Fsp3) is 0.176. The summed E-state index contributed by atoms with van der Waals surface area (Å²) in [6.07, 6.45) is 1.55. The molecule has 1 amide bonds. The van der Waals surface area contributed by atoms with E-state index in [1.807, 2.05) is 6.92 Å². The topological polar surface area (TPSA) is 81.8 Å². The zero-order chi connectivity index (χ0) is 19.3. The van der Waals surface area contributed by atoms with Gasteiger partial charge in [-0.2, -0.15) is 0 Å². The number of fused-ring (bicyclic) bond motifs is 2. The number of carbonyl (C=O) groups is 1. The van der Waals surface area contributed by atoms with Crippen molar-refractivity contribution in [2.45, 2.75) is 13.5 Å². The Kier molecular flexibility index (Phi) is 4.41.